The van der Waals surface area contributed by atoms with E-state index in [-0.39, 0.29) is 23.1 Å². The van der Waals surface area contributed by atoms with E-state index in [4.69, 9.17) is 4.74 Å². The molecule has 0 aliphatic heterocycles. The van der Waals surface area contributed by atoms with Gasteiger partial charge >= 0.3 is 0 Å². The van der Waals surface area contributed by atoms with Crippen LogP contribution >= 0.6 is 0 Å². The van der Waals surface area contributed by atoms with Crippen LogP contribution in [-0.4, -0.2) is 17.9 Å². The first-order valence-corrected chi connectivity index (χ1v) is 5.46. The first-order valence-electron chi connectivity index (χ1n) is 5.46. The van der Waals surface area contributed by atoms with Gasteiger partial charge < -0.3 is 4.74 Å². The van der Waals surface area contributed by atoms with Crippen molar-refractivity contribution in [1.29, 1.82) is 0 Å². The number of nitrogens with zero attached hydrogens (tertiary/aromatic N) is 1. The van der Waals surface area contributed by atoms with Crippen LogP contribution in [0.3, 0.4) is 0 Å². The van der Waals surface area contributed by atoms with Crippen LogP contribution in [0.1, 0.15) is 36.0 Å². The first-order chi connectivity index (χ1) is 7.74. The standard InChI is InChI=1S/C12H14FNO2/c1-16-12-10(13)9(6-7-14-12)11(15)8-4-2-3-5-8/h6-8H,2-5H2,1H3. The van der Waals surface area contributed by atoms with Crippen LogP contribution in [0.15, 0.2) is 12.3 Å². The number of hydrogen-bond acceptors (Lipinski definition) is 3. The van der Waals surface area contributed by atoms with Crippen LogP contribution in [0.5, 0.6) is 5.88 Å². The summed E-state index contributed by atoms with van der Waals surface area (Å²) in [7, 11) is 1.34. The Morgan fingerprint density at radius 3 is 2.81 bits per heavy atom. The van der Waals surface area contributed by atoms with Crippen LogP contribution in [0.2, 0.25) is 0 Å². The molecule has 2 rings (SSSR count). The Hall–Kier alpha value is -1.45. The van der Waals surface area contributed by atoms with E-state index in [1.807, 2.05) is 0 Å². The van der Waals surface area contributed by atoms with E-state index in [0.717, 1.165) is 25.7 Å². The van der Waals surface area contributed by atoms with Crippen molar-refractivity contribution in [3.8, 4) is 5.88 Å². The Morgan fingerprint density at radius 2 is 2.19 bits per heavy atom. The molecule has 1 heterocycles. The van der Waals surface area contributed by atoms with Crippen molar-refractivity contribution in [3.05, 3.63) is 23.6 Å². The predicted molar refractivity (Wildman–Crippen MR) is 57.0 cm³/mol. The second-order valence-corrected chi connectivity index (χ2v) is 4.03. The maximum Gasteiger partial charge on any atom is 0.250 e. The third kappa shape index (κ3) is 1.92. The lowest BCUT2D eigenvalue weighted by Gasteiger charge is -2.09. The van der Waals surface area contributed by atoms with Gasteiger partial charge in [-0.2, -0.15) is 0 Å². The molecule has 3 nitrogen and oxygen atoms in total. The summed E-state index contributed by atoms with van der Waals surface area (Å²) in [6, 6.07) is 1.43. The third-order valence-electron chi connectivity index (χ3n) is 3.04. The van der Waals surface area contributed by atoms with Crippen LogP contribution in [0.4, 0.5) is 4.39 Å². The van der Waals surface area contributed by atoms with Gasteiger partial charge in [0.2, 0.25) is 0 Å². The van der Waals surface area contributed by atoms with E-state index in [9.17, 15) is 9.18 Å². The molecule has 4 heteroatoms. The van der Waals surface area contributed by atoms with Gasteiger partial charge in [0.15, 0.2) is 11.6 Å². The van der Waals surface area contributed by atoms with Crippen molar-refractivity contribution in [2.24, 2.45) is 5.92 Å². The zero-order valence-electron chi connectivity index (χ0n) is 9.20. The fraction of sp³-hybridized carbons (Fsp3) is 0.500. The van der Waals surface area contributed by atoms with E-state index >= 15 is 0 Å². The van der Waals surface area contributed by atoms with Gasteiger partial charge in [0.1, 0.15) is 0 Å². The van der Waals surface area contributed by atoms with Crippen molar-refractivity contribution in [3.63, 3.8) is 0 Å². The number of carbonyl (C=O) groups excluding carboxylic acids is 1. The topological polar surface area (TPSA) is 39.2 Å². The highest BCUT2D eigenvalue weighted by atomic mass is 19.1. The van der Waals surface area contributed by atoms with Crippen molar-refractivity contribution < 1.29 is 13.9 Å². The SMILES string of the molecule is COc1nccc(C(=O)C2CCCC2)c1F. The van der Waals surface area contributed by atoms with Crippen LogP contribution < -0.4 is 4.74 Å². The third-order valence-corrected chi connectivity index (χ3v) is 3.04. The normalized spacial score (nSPS) is 16.4. The minimum atomic E-state index is -0.637. The molecule has 0 N–H and O–H groups in total. The van der Waals surface area contributed by atoms with Crippen molar-refractivity contribution >= 4 is 5.78 Å². The van der Waals surface area contributed by atoms with Gasteiger partial charge in [-0.1, -0.05) is 12.8 Å². The quantitative estimate of drug-likeness (QED) is 0.739. The van der Waals surface area contributed by atoms with E-state index in [1.54, 1.807) is 0 Å². The molecule has 1 saturated carbocycles. The van der Waals surface area contributed by atoms with E-state index in [0.29, 0.717) is 0 Å². The molecule has 1 aromatic heterocycles. The molecule has 0 amide bonds. The first kappa shape index (κ1) is 11.0. The smallest absolute Gasteiger partial charge is 0.250 e. The Labute approximate surface area is 93.6 Å². The minimum absolute atomic E-state index is 0.0263. The maximum absolute atomic E-state index is 13.8. The summed E-state index contributed by atoms with van der Waals surface area (Å²) >= 11 is 0. The highest BCUT2D eigenvalue weighted by molar-refractivity contribution is 5.98. The molecule has 0 spiro atoms. The average Bonchev–Trinajstić information content (AvgIpc) is 2.82. The van der Waals surface area contributed by atoms with Crippen molar-refractivity contribution in [2.45, 2.75) is 25.7 Å². The highest BCUT2D eigenvalue weighted by Gasteiger charge is 2.27. The maximum atomic E-state index is 13.8. The molecular weight excluding hydrogens is 209 g/mol. The molecule has 0 radical (unpaired) electrons. The molecule has 0 atom stereocenters. The number of pyridine rings is 1. The van der Waals surface area contributed by atoms with Gasteiger partial charge in [-0.05, 0) is 18.9 Å². The van der Waals surface area contributed by atoms with Gasteiger partial charge in [0.05, 0.1) is 12.7 Å². The van der Waals surface area contributed by atoms with E-state index < -0.39 is 5.82 Å². The summed E-state index contributed by atoms with van der Waals surface area (Å²) in [6.07, 6.45) is 5.25. The number of ether oxygens (including phenoxy) is 1. The summed E-state index contributed by atoms with van der Waals surface area (Å²) in [6.45, 7) is 0. The molecule has 16 heavy (non-hydrogen) atoms. The zero-order chi connectivity index (χ0) is 11.5. The Kier molecular flexibility index (Phi) is 3.17. The summed E-state index contributed by atoms with van der Waals surface area (Å²) in [4.78, 5) is 15.7. The number of Topliss-reactive ketones (excluding diaryl/α,β-unsaturated/α-hetero) is 1. The number of rotatable bonds is 3. The predicted octanol–water partition coefficient (Wildman–Crippen LogP) is 2.60. The van der Waals surface area contributed by atoms with E-state index in [2.05, 4.69) is 4.98 Å². The van der Waals surface area contributed by atoms with Gasteiger partial charge in [0.25, 0.3) is 5.88 Å². The van der Waals surface area contributed by atoms with Crippen molar-refractivity contribution in [2.75, 3.05) is 7.11 Å². The van der Waals surface area contributed by atoms with Gasteiger partial charge in [-0.15, -0.1) is 0 Å². The highest BCUT2D eigenvalue weighted by Crippen LogP contribution is 2.29. The zero-order valence-corrected chi connectivity index (χ0v) is 9.20. The summed E-state index contributed by atoms with van der Waals surface area (Å²) < 4.78 is 18.5. The molecule has 0 aromatic carbocycles. The second kappa shape index (κ2) is 4.60. The van der Waals surface area contributed by atoms with Crippen LogP contribution in [-0.2, 0) is 0 Å². The monoisotopic (exact) mass is 223 g/mol. The molecule has 0 bridgehead atoms. The largest absolute Gasteiger partial charge is 0.479 e. The number of methoxy groups -OCH3 is 1. The van der Waals surface area contributed by atoms with Gasteiger partial charge in [-0.25, -0.2) is 9.37 Å². The fourth-order valence-electron chi connectivity index (χ4n) is 2.17. The molecule has 1 aromatic rings. The lowest BCUT2D eigenvalue weighted by Crippen LogP contribution is -2.13. The Bertz CT molecular complexity index is 400. The Morgan fingerprint density at radius 1 is 1.50 bits per heavy atom. The molecular formula is C12H14FNO2. The molecule has 1 aliphatic rings. The fourth-order valence-corrected chi connectivity index (χ4v) is 2.17. The molecule has 1 aliphatic carbocycles. The average molecular weight is 223 g/mol. The number of halogens is 1. The second-order valence-electron chi connectivity index (χ2n) is 4.03. The molecule has 0 saturated heterocycles. The molecule has 1 fully saturated rings. The van der Waals surface area contributed by atoms with E-state index in [1.165, 1.54) is 19.4 Å². The van der Waals surface area contributed by atoms with Gasteiger partial charge in [-0.3, -0.25) is 4.79 Å². The molecule has 86 valence electrons. The molecule has 0 unspecified atom stereocenters. The number of ketones is 1. The summed E-state index contributed by atoms with van der Waals surface area (Å²) in [5, 5.41) is 0. The summed E-state index contributed by atoms with van der Waals surface area (Å²) in [5.41, 5.74) is 0.110. The Balaban J connectivity index is 2.29. The number of carbonyl (C=O) groups is 1. The number of aromatic nitrogens is 1. The lowest BCUT2D eigenvalue weighted by atomic mass is 9.97. The van der Waals surface area contributed by atoms with Crippen LogP contribution in [0.25, 0.3) is 0 Å². The lowest BCUT2D eigenvalue weighted by molar-refractivity contribution is 0.0917. The van der Waals surface area contributed by atoms with Crippen LogP contribution in [0, 0.1) is 11.7 Å². The number of hydrogen-bond donors (Lipinski definition) is 0. The summed E-state index contributed by atoms with van der Waals surface area (Å²) in [5.74, 6) is -0.886. The minimum Gasteiger partial charge on any atom is -0.479 e. The van der Waals surface area contributed by atoms with Gasteiger partial charge in [0, 0.05) is 12.1 Å². The van der Waals surface area contributed by atoms with Crippen molar-refractivity contribution in [1.82, 2.24) is 4.98 Å².